The van der Waals surface area contributed by atoms with Crippen LogP contribution in [0.4, 0.5) is 10.1 Å². The molecule has 2 aromatic carbocycles. The van der Waals surface area contributed by atoms with Gasteiger partial charge in [-0.25, -0.2) is 4.39 Å². The largest absolute Gasteiger partial charge is 0.488 e. The standard InChI is InChI=1S/C17H18ClFN2O2/c1-21(10-11-23-14-8-6-13(18)7-9-14)12-17(22)20-16-5-3-2-4-15(16)19/h2-9H,10-12H2,1H3,(H,20,22)/p+1. The van der Waals surface area contributed by atoms with Gasteiger partial charge in [-0.1, -0.05) is 23.7 Å². The van der Waals surface area contributed by atoms with E-state index in [1.54, 1.807) is 36.4 Å². The molecule has 1 atom stereocenters. The molecule has 0 aliphatic rings. The number of hydrogen-bond acceptors (Lipinski definition) is 2. The summed E-state index contributed by atoms with van der Waals surface area (Å²) >= 11 is 5.80. The molecule has 122 valence electrons. The molecule has 0 aliphatic heterocycles. The quantitative estimate of drug-likeness (QED) is 0.811. The minimum absolute atomic E-state index is 0.197. The minimum atomic E-state index is -0.440. The van der Waals surface area contributed by atoms with Crippen molar-refractivity contribution in [2.24, 2.45) is 0 Å². The fraction of sp³-hybridized carbons (Fsp3) is 0.235. The summed E-state index contributed by atoms with van der Waals surface area (Å²) in [5.74, 6) is 0.0571. The monoisotopic (exact) mass is 337 g/mol. The molecule has 4 nitrogen and oxygen atoms in total. The third-order valence-electron chi connectivity index (χ3n) is 3.22. The first kappa shape index (κ1) is 17.2. The molecule has 0 aromatic heterocycles. The van der Waals surface area contributed by atoms with Crippen LogP contribution in [0.1, 0.15) is 0 Å². The number of amides is 1. The third kappa shape index (κ3) is 5.88. The first-order valence-corrected chi connectivity index (χ1v) is 7.66. The summed E-state index contributed by atoms with van der Waals surface area (Å²) in [6.07, 6.45) is 0. The molecule has 1 amide bonds. The zero-order valence-electron chi connectivity index (χ0n) is 12.8. The molecule has 23 heavy (non-hydrogen) atoms. The lowest BCUT2D eigenvalue weighted by Crippen LogP contribution is -3.10. The molecule has 0 saturated heterocycles. The van der Waals surface area contributed by atoms with Crippen molar-refractivity contribution in [3.63, 3.8) is 0 Å². The molecule has 0 spiro atoms. The summed E-state index contributed by atoms with van der Waals surface area (Å²) < 4.78 is 19.0. The summed E-state index contributed by atoms with van der Waals surface area (Å²) in [5.41, 5.74) is 0.197. The first-order valence-electron chi connectivity index (χ1n) is 7.28. The molecule has 2 rings (SSSR count). The number of halogens is 2. The van der Waals surface area contributed by atoms with E-state index in [1.165, 1.54) is 12.1 Å². The molecule has 2 N–H and O–H groups in total. The van der Waals surface area contributed by atoms with Gasteiger partial charge in [0.15, 0.2) is 6.54 Å². The van der Waals surface area contributed by atoms with Crippen LogP contribution in [0.15, 0.2) is 48.5 Å². The third-order valence-corrected chi connectivity index (χ3v) is 3.47. The van der Waals surface area contributed by atoms with Gasteiger partial charge in [0.25, 0.3) is 5.91 Å². The number of carbonyl (C=O) groups excluding carboxylic acids is 1. The number of benzene rings is 2. The Morgan fingerprint density at radius 1 is 1.22 bits per heavy atom. The van der Waals surface area contributed by atoms with E-state index in [9.17, 15) is 9.18 Å². The maximum Gasteiger partial charge on any atom is 0.279 e. The molecule has 0 heterocycles. The Balaban J connectivity index is 1.71. The average Bonchev–Trinajstić information content (AvgIpc) is 2.51. The predicted molar refractivity (Wildman–Crippen MR) is 88.6 cm³/mol. The lowest BCUT2D eigenvalue weighted by atomic mass is 10.3. The minimum Gasteiger partial charge on any atom is -0.488 e. The van der Waals surface area contributed by atoms with Crippen LogP contribution in [-0.4, -0.2) is 32.7 Å². The van der Waals surface area contributed by atoms with Crippen LogP contribution in [-0.2, 0) is 4.79 Å². The predicted octanol–water partition coefficient (Wildman–Crippen LogP) is 2.01. The fourth-order valence-corrected chi connectivity index (χ4v) is 2.12. The van der Waals surface area contributed by atoms with Crippen molar-refractivity contribution < 1.29 is 18.8 Å². The van der Waals surface area contributed by atoms with E-state index >= 15 is 0 Å². The van der Waals surface area contributed by atoms with Gasteiger partial charge in [-0.3, -0.25) is 4.79 Å². The number of anilines is 1. The second kappa shape index (κ2) is 8.50. The Morgan fingerprint density at radius 2 is 1.91 bits per heavy atom. The number of ether oxygens (including phenoxy) is 1. The van der Waals surface area contributed by atoms with E-state index in [2.05, 4.69) is 5.32 Å². The van der Waals surface area contributed by atoms with Gasteiger partial charge in [0.2, 0.25) is 0 Å². The van der Waals surface area contributed by atoms with Gasteiger partial charge in [-0.15, -0.1) is 0 Å². The number of rotatable bonds is 7. The van der Waals surface area contributed by atoms with Crippen LogP contribution in [0.25, 0.3) is 0 Å². The van der Waals surface area contributed by atoms with Crippen LogP contribution in [0.2, 0.25) is 5.02 Å². The zero-order valence-corrected chi connectivity index (χ0v) is 13.6. The number of carbonyl (C=O) groups is 1. The normalized spacial score (nSPS) is 11.8. The molecule has 0 fully saturated rings. The molecule has 1 unspecified atom stereocenters. The Bertz CT molecular complexity index is 649. The number of nitrogens with one attached hydrogen (secondary N) is 2. The van der Waals surface area contributed by atoms with Crippen LogP contribution in [0.5, 0.6) is 5.75 Å². The highest BCUT2D eigenvalue weighted by molar-refractivity contribution is 6.30. The molecule has 0 radical (unpaired) electrons. The molecule has 2 aromatic rings. The molecule has 0 bridgehead atoms. The second-order valence-corrected chi connectivity index (χ2v) is 5.65. The maximum atomic E-state index is 13.5. The van der Waals surface area contributed by atoms with E-state index in [1.807, 2.05) is 7.05 Å². The highest BCUT2D eigenvalue weighted by atomic mass is 35.5. The topological polar surface area (TPSA) is 42.8 Å². The lowest BCUT2D eigenvalue weighted by molar-refractivity contribution is -0.871. The Kier molecular flexibility index (Phi) is 6.38. The summed E-state index contributed by atoms with van der Waals surface area (Å²) in [6, 6.07) is 13.2. The van der Waals surface area contributed by atoms with Crippen molar-refractivity contribution in [3.8, 4) is 5.75 Å². The van der Waals surface area contributed by atoms with E-state index < -0.39 is 5.82 Å². The molecular weight excluding hydrogens is 319 g/mol. The van der Waals surface area contributed by atoms with Gasteiger partial charge in [-0.2, -0.15) is 0 Å². The van der Waals surface area contributed by atoms with E-state index in [-0.39, 0.29) is 18.1 Å². The summed E-state index contributed by atoms with van der Waals surface area (Å²) in [4.78, 5) is 12.9. The Morgan fingerprint density at radius 3 is 2.61 bits per heavy atom. The molecule has 0 saturated carbocycles. The molecular formula is C17H19ClFN2O2+. The number of likely N-dealkylation sites (N-methyl/N-ethyl adjacent to an activating group) is 1. The zero-order chi connectivity index (χ0) is 16.7. The summed E-state index contributed by atoms with van der Waals surface area (Å²) in [7, 11) is 1.88. The van der Waals surface area contributed by atoms with Crippen molar-refractivity contribution in [1.29, 1.82) is 0 Å². The Hall–Kier alpha value is -2.11. The van der Waals surface area contributed by atoms with Crippen LogP contribution >= 0.6 is 11.6 Å². The Labute approximate surface area is 139 Å². The smallest absolute Gasteiger partial charge is 0.279 e. The van der Waals surface area contributed by atoms with Gasteiger partial charge in [0.1, 0.15) is 24.7 Å². The highest BCUT2D eigenvalue weighted by Crippen LogP contribution is 2.15. The van der Waals surface area contributed by atoms with Crippen LogP contribution in [0, 0.1) is 5.82 Å². The lowest BCUT2D eigenvalue weighted by Gasteiger charge is -2.14. The second-order valence-electron chi connectivity index (χ2n) is 5.21. The van der Waals surface area contributed by atoms with Gasteiger partial charge in [0.05, 0.1) is 12.7 Å². The van der Waals surface area contributed by atoms with Gasteiger partial charge >= 0.3 is 0 Å². The number of hydrogen-bond donors (Lipinski definition) is 2. The van der Waals surface area contributed by atoms with E-state index in [0.29, 0.717) is 18.2 Å². The van der Waals surface area contributed by atoms with Crippen LogP contribution < -0.4 is 15.0 Å². The van der Waals surface area contributed by atoms with Gasteiger partial charge < -0.3 is 15.0 Å². The SMILES string of the molecule is C[NH+](CCOc1ccc(Cl)cc1)CC(=O)Nc1ccccc1F. The molecule has 0 aliphatic carbocycles. The maximum absolute atomic E-state index is 13.5. The first-order chi connectivity index (χ1) is 11.0. The summed E-state index contributed by atoms with van der Waals surface area (Å²) in [6.45, 7) is 1.35. The van der Waals surface area contributed by atoms with E-state index in [0.717, 1.165) is 10.6 Å². The van der Waals surface area contributed by atoms with Gasteiger partial charge in [-0.05, 0) is 36.4 Å². The van der Waals surface area contributed by atoms with Crippen molar-refractivity contribution in [2.45, 2.75) is 0 Å². The average molecular weight is 338 g/mol. The number of para-hydroxylation sites is 1. The highest BCUT2D eigenvalue weighted by Gasteiger charge is 2.12. The molecule has 6 heteroatoms. The fourth-order valence-electron chi connectivity index (χ4n) is 1.99. The number of quaternary nitrogens is 1. The van der Waals surface area contributed by atoms with Crippen molar-refractivity contribution in [2.75, 3.05) is 32.1 Å². The van der Waals surface area contributed by atoms with E-state index in [4.69, 9.17) is 16.3 Å². The summed E-state index contributed by atoms with van der Waals surface area (Å²) in [5, 5.41) is 3.22. The van der Waals surface area contributed by atoms with Crippen molar-refractivity contribution >= 4 is 23.2 Å². The van der Waals surface area contributed by atoms with Crippen LogP contribution in [0.3, 0.4) is 0 Å². The van der Waals surface area contributed by atoms with Gasteiger partial charge in [0, 0.05) is 5.02 Å². The van der Waals surface area contributed by atoms with Crippen molar-refractivity contribution in [1.82, 2.24) is 0 Å². The van der Waals surface area contributed by atoms with Crippen molar-refractivity contribution in [3.05, 3.63) is 59.4 Å².